The number of para-hydroxylation sites is 3. The molecule has 6 aromatic carbocycles. The fourth-order valence-electron chi connectivity index (χ4n) is 6.44. The van der Waals surface area contributed by atoms with Gasteiger partial charge in [0, 0.05) is 44.2 Å². The van der Waals surface area contributed by atoms with Crippen molar-refractivity contribution in [2.24, 2.45) is 0 Å². The standard InChI is InChI=1S/C36H22N4/c1-2-12-25(13-3-1)39-32-21-20-28-27-15-7-9-17-31(27)40(36-37-22-24-11-5-8-16-30(24)38-36)35(28)33(32)29-19-18-23-10-4-6-14-26(23)34(29)39/h1-22H. The van der Waals surface area contributed by atoms with Gasteiger partial charge in [0.15, 0.2) is 0 Å². The van der Waals surface area contributed by atoms with Gasteiger partial charge in [0.05, 0.1) is 27.6 Å². The highest BCUT2D eigenvalue weighted by Gasteiger charge is 2.22. The molecule has 0 aliphatic carbocycles. The van der Waals surface area contributed by atoms with Crippen molar-refractivity contribution in [3.63, 3.8) is 0 Å². The van der Waals surface area contributed by atoms with Crippen LogP contribution in [0.4, 0.5) is 0 Å². The van der Waals surface area contributed by atoms with E-state index in [9.17, 15) is 0 Å². The quantitative estimate of drug-likeness (QED) is 0.233. The molecule has 0 aliphatic heterocycles. The van der Waals surface area contributed by atoms with E-state index in [4.69, 9.17) is 9.97 Å². The molecular weight excluding hydrogens is 488 g/mol. The smallest absolute Gasteiger partial charge is 0.235 e. The molecule has 0 unspecified atom stereocenters. The van der Waals surface area contributed by atoms with Gasteiger partial charge in [-0.3, -0.25) is 4.57 Å². The first-order valence-corrected chi connectivity index (χ1v) is 13.5. The van der Waals surface area contributed by atoms with Crippen LogP contribution in [0, 0.1) is 0 Å². The Bertz CT molecular complexity index is 2430. The lowest BCUT2D eigenvalue weighted by Gasteiger charge is -2.10. The van der Waals surface area contributed by atoms with Crippen molar-refractivity contribution in [1.29, 1.82) is 0 Å². The molecule has 0 saturated heterocycles. The van der Waals surface area contributed by atoms with Crippen molar-refractivity contribution in [3.05, 3.63) is 134 Å². The third kappa shape index (κ3) is 2.85. The third-order valence-electron chi connectivity index (χ3n) is 8.14. The summed E-state index contributed by atoms with van der Waals surface area (Å²) in [5.41, 5.74) is 6.68. The molecule has 0 saturated carbocycles. The van der Waals surface area contributed by atoms with Crippen LogP contribution in [-0.2, 0) is 0 Å². The number of fused-ring (bicyclic) bond motifs is 10. The Hall–Kier alpha value is -5.48. The van der Waals surface area contributed by atoms with Crippen LogP contribution >= 0.6 is 0 Å². The van der Waals surface area contributed by atoms with Gasteiger partial charge >= 0.3 is 0 Å². The predicted octanol–water partition coefficient (Wildman–Crippen LogP) is 8.98. The summed E-state index contributed by atoms with van der Waals surface area (Å²) in [7, 11) is 0. The van der Waals surface area contributed by atoms with Crippen LogP contribution in [0.5, 0.6) is 0 Å². The topological polar surface area (TPSA) is 35.6 Å². The van der Waals surface area contributed by atoms with E-state index < -0.39 is 0 Å². The molecule has 0 aliphatic rings. The largest absolute Gasteiger partial charge is 0.309 e. The van der Waals surface area contributed by atoms with Crippen LogP contribution in [-0.4, -0.2) is 19.1 Å². The Morgan fingerprint density at radius 3 is 2.08 bits per heavy atom. The maximum Gasteiger partial charge on any atom is 0.235 e. The predicted molar refractivity (Wildman–Crippen MR) is 166 cm³/mol. The van der Waals surface area contributed by atoms with Gasteiger partial charge in [0.25, 0.3) is 0 Å². The van der Waals surface area contributed by atoms with Gasteiger partial charge in [-0.1, -0.05) is 97.1 Å². The number of nitrogens with zero attached hydrogens (tertiary/aromatic N) is 4. The van der Waals surface area contributed by atoms with Gasteiger partial charge in [-0.05, 0) is 35.7 Å². The van der Waals surface area contributed by atoms with Gasteiger partial charge in [0.2, 0.25) is 5.95 Å². The molecule has 4 heteroatoms. The average molecular weight is 511 g/mol. The number of rotatable bonds is 2. The maximum atomic E-state index is 5.06. The molecule has 0 amide bonds. The van der Waals surface area contributed by atoms with E-state index in [2.05, 4.69) is 124 Å². The zero-order chi connectivity index (χ0) is 26.2. The summed E-state index contributed by atoms with van der Waals surface area (Å²) in [6.45, 7) is 0. The van der Waals surface area contributed by atoms with Crippen molar-refractivity contribution in [1.82, 2.24) is 19.1 Å². The van der Waals surface area contributed by atoms with E-state index in [0.717, 1.165) is 33.1 Å². The van der Waals surface area contributed by atoms with Crippen LogP contribution in [0.2, 0.25) is 0 Å². The Morgan fingerprint density at radius 2 is 1.18 bits per heavy atom. The first-order valence-electron chi connectivity index (χ1n) is 13.5. The molecule has 40 heavy (non-hydrogen) atoms. The lowest BCUT2D eigenvalue weighted by atomic mass is 10.0. The molecule has 0 radical (unpaired) electrons. The van der Waals surface area contributed by atoms with E-state index in [0.29, 0.717) is 5.95 Å². The summed E-state index contributed by atoms with van der Waals surface area (Å²) < 4.78 is 4.67. The van der Waals surface area contributed by atoms with Gasteiger partial charge < -0.3 is 4.57 Å². The van der Waals surface area contributed by atoms with Crippen molar-refractivity contribution in [2.45, 2.75) is 0 Å². The fraction of sp³-hybridized carbons (Fsp3) is 0. The first-order chi connectivity index (χ1) is 19.9. The monoisotopic (exact) mass is 510 g/mol. The number of hydrogen-bond acceptors (Lipinski definition) is 2. The van der Waals surface area contributed by atoms with Crippen LogP contribution < -0.4 is 0 Å². The number of hydrogen-bond donors (Lipinski definition) is 0. The number of benzene rings is 6. The van der Waals surface area contributed by atoms with Crippen molar-refractivity contribution < 1.29 is 0 Å². The lowest BCUT2D eigenvalue weighted by Crippen LogP contribution is -2.01. The highest BCUT2D eigenvalue weighted by atomic mass is 15.2. The van der Waals surface area contributed by atoms with Crippen molar-refractivity contribution in [2.75, 3.05) is 0 Å². The first kappa shape index (κ1) is 21.5. The molecule has 9 aromatic rings. The average Bonchev–Trinajstić information content (AvgIpc) is 3.54. The molecule has 0 fully saturated rings. The molecule has 3 aromatic heterocycles. The molecule has 0 N–H and O–H groups in total. The normalized spacial score (nSPS) is 12.0. The molecule has 0 bridgehead atoms. The Kier molecular flexibility index (Phi) is 4.30. The molecule has 3 heterocycles. The minimum atomic E-state index is 0.679. The lowest BCUT2D eigenvalue weighted by molar-refractivity contribution is 1.01. The van der Waals surface area contributed by atoms with Gasteiger partial charge in [-0.2, -0.15) is 0 Å². The van der Waals surface area contributed by atoms with Crippen LogP contribution in [0.1, 0.15) is 0 Å². The van der Waals surface area contributed by atoms with E-state index in [-0.39, 0.29) is 0 Å². The zero-order valence-corrected chi connectivity index (χ0v) is 21.5. The molecule has 0 spiro atoms. The molecule has 9 rings (SSSR count). The SMILES string of the molecule is c1ccc(-n2c3ccc4c5ccccc5n(-c5ncc6ccccc6n5)c4c3c3ccc4ccccc4c32)cc1. The summed E-state index contributed by atoms with van der Waals surface area (Å²) in [5, 5.41) is 8.30. The summed E-state index contributed by atoms with van der Waals surface area (Å²) in [5.74, 6) is 0.679. The van der Waals surface area contributed by atoms with E-state index in [1.807, 2.05) is 18.3 Å². The second-order valence-corrected chi connectivity index (χ2v) is 10.3. The van der Waals surface area contributed by atoms with Crippen LogP contribution in [0.25, 0.3) is 76.9 Å². The Morgan fingerprint density at radius 1 is 0.450 bits per heavy atom. The minimum Gasteiger partial charge on any atom is -0.309 e. The van der Waals surface area contributed by atoms with E-state index >= 15 is 0 Å². The summed E-state index contributed by atoms with van der Waals surface area (Å²) >= 11 is 0. The summed E-state index contributed by atoms with van der Waals surface area (Å²) in [4.78, 5) is 9.96. The molecule has 186 valence electrons. The highest BCUT2D eigenvalue weighted by molar-refractivity contribution is 6.29. The summed E-state index contributed by atoms with van der Waals surface area (Å²) in [6.07, 6.45) is 1.93. The van der Waals surface area contributed by atoms with Crippen LogP contribution in [0.15, 0.2) is 134 Å². The third-order valence-corrected chi connectivity index (χ3v) is 8.14. The Labute approximate surface area is 229 Å². The number of aromatic nitrogens is 4. The fourth-order valence-corrected chi connectivity index (χ4v) is 6.44. The van der Waals surface area contributed by atoms with Crippen LogP contribution in [0.3, 0.4) is 0 Å². The van der Waals surface area contributed by atoms with Gasteiger partial charge in [0.1, 0.15) is 0 Å². The Balaban J connectivity index is 1.55. The maximum absolute atomic E-state index is 5.06. The molecule has 0 atom stereocenters. The van der Waals surface area contributed by atoms with Gasteiger partial charge in [-0.25, -0.2) is 9.97 Å². The van der Waals surface area contributed by atoms with E-state index in [1.165, 1.54) is 37.8 Å². The van der Waals surface area contributed by atoms with Crippen molar-refractivity contribution in [3.8, 4) is 11.6 Å². The second kappa shape index (κ2) is 8.01. The van der Waals surface area contributed by atoms with Crippen molar-refractivity contribution >= 4 is 65.3 Å². The van der Waals surface area contributed by atoms with Gasteiger partial charge in [-0.15, -0.1) is 0 Å². The summed E-state index contributed by atoms with van der Waals surface area (Å²) in [6, 6.07) is 45.1. The van der Waals surface area contributed by atoms with E-state index in [1.54, 1.807) is 0 Å². The molecular formula is C36H22N4. The zero-order valence-electron chi connectivity index (χ0n) is 21.5. The molecule has 4 nitrogen and oxygen atoms in total. The highest BCUT2D eigenvalue weighted by Crippen LogP contribution is 2.43. The minimum absolute atomic E-state index is 0.679. The second-order valence-electron chi connectivity index (χ2n) is 10.3.